The predicted molar refractivity (Wildman–Crippen MR) is 65.9 cm³/mol. The molecule has 0 heterocycles. The molecule has 0 fully saturated rings. The Bertz CT molecular complexity index is 344. The van der Waals surface area contributed by atoms with Crippen molar-refractivity contribution in [1.82, 2.24) is 5.32 Å². The van der Waals surface area contributed by atoms with Crippen LogP contribution in [0.1, 0.15) is 25.5 Å². The Morgan fingerprint density at radius 1 is 1.35 bits per heavy atom. The summed E-state index contributed by atoms with van der Waals surface area (Å²) >= 11 is 0. The van der Waals surface area contributed by atoms with Crippen LogP contribution < -0.4 is 10.1 Å². The number of methoxy groups -OCH3 is 1. The monoisotopic (exact) mass is 241 g/mol. The summed E-state index contributed by atoms with van der Waals surface area (Å²) in [6, 6.07) is 4.95. The molecule has 0 radical (unpaired) electrons. The second kappa shape index (κ2) is 7.25. The first-order valence-corrected chi connectivity index (χ1v) is 5.87. The minimum atomic E-state index is -0.345. The van der Waals surface area contributed by atoms with E-state index in [1.54, 1.807) is 12.1 Å². The Hall–Kier alpha value is -1.13. The molecule has 0 saturated heterocycles. The van der Waals surface area contributed by atoms with Gasteiger partial charge in [0.15, 0.2) is 11.6 Å². The quantitative estimate of drug-likeness (QED) is 0.795. The summed E-state index contributed by atoms with van der Waals surface area (Å²) < 4.78 is 23.7. The topological polar surface area (TPSA) is 30.5 Å². The summed E-state index contributed by atoms with van der Waals surface area (Å²) in [7, 11) is 1.47. The van der Waals surface area contributed by atoms with E-state index >= 15 is 0 Å². The normalized spacial score (nSPS) is 12.5. The fraction of sp³-hybridized carbons (Fsp3) is 0.538. The van der Waals surface area contributed by atoms with E-state index in [1.165, 1.54) is 13.2 Å². The van der Waals surface area contributed by atoms with E-state index in [4.69, 9.17) is 9.47 Å². The van der Waals surface area contributed by atoms with Gasteiger partial charge in [-0.3, -0.25) is 0 Å². The van der Waals surface area contributed by atoms with Gasteiger partial charge in [0.2, 0.25) is 0 Å². The number of nitrogens with one attached hydrogen (secondary N) is 1. The number of benzene rings is 1. The molecule has 3 nitrogen and oxygen atoms in total. The molecule has 4 heteroatoms. The summed E-state index contributed by atoms with van der Waals surface area (Å²) in [5, 5.41) is 3.30. The van der Waals surface area contributed by atoms with E-state index in [1.807, 2.05) is 13.8 Å². The highest BCUT2D eigenvalue weighted by Crippen LogP contribution is 2.22. The maximum absolute atomic E-state index is 13.3. The van der Waals surface area contributed by atoms with Gasteiger partial charge in [-0.15, -0.1) is 0 Å². The molecule has 1 atom stereocenters. The van der Waals surface area contributed by atoms with Crippen LogP contribution in [0.5, 0.6) is 5.75 Å². The highest BCUT2D eigenvalue weighted by Gasteiger charge is 2.13. The molecule has 96 valence electrons. The van der Waals surface area contributed by atoms with E-state index < -0.39 is 0 Å². The number of halogens is 1. The Morgan fingerprint density at radius 3 is 2.71 bits per heavy atom. The van der Waals surface area contributed by atoms with E-state index in [2.05, 4.69) is 5.32 Å². The average molecular weight is 241 g/mol. The summed E-state index contributed by atoms with van der Waals surface area (Å²) in [6.45, 7) is 6.05. The van der Waals surface area contributed by atoms with Crippen molar-refractivity contribution in [3.63, 3.8) is 0 Å². The van der Waals surface area contributed by atoms with Gasteiger partial charge in [0, 0.05) is 6.61 Å². The van der Waals surface area contributed by atoms with Crippen molar-refractivity contribution in [3.8, 4) is 5.75 Å². The van der Waals surface area contributed by atoms with E-state index in [0.717, 1.165) is 12.1 Å². The largest absolute Gasteiger partial charge is 0.494 e. The Morgan fingerprint density at radius 2 is 2.12 bits per heavy atom. The van der Waals surface area contributed by atoms with Crippen LogP contribution in [0.15, 0.2) is 18.2 Å². The lowest BCUT2D eigenvalue weighted by molar-refractivity contribution is 0.123. The third-order valence-electron chi connectivity index (χ3n) is 2.52. The molecule has 1 unspecified atom stereocenters. The van der Waals surface area contributed by atoms with Crippen molar-refractivity contribution in [2.24, 2.45) is 0 Å². The fourth-order valence-corrected chi connectivity index (χ4v) is 1.65. The van der Waals surface area contributed by atoms with Crippen LogP contribution in [0.3, 0.4) is 0 Å². The molecular formula is C13H20FNO2. The highest BCUT2D eigenvalue weighted by molar-refractivity contribution is 5.32. The van der Waals surface area contributed by atoms with Crippen molar-refractivity contribution < 1.29 is 13.9 Å². The zero-order valence-corrected chi connectivity index (χ0v) is 10.6. The fourth-order valence-electron chi connectivity index (χ4n) is 1.65. The van der Waals surface area contributed by atoms with Crippen LogP contribution in [-0.4, -0.2) is 26.9 Å². The first kappa shape index (κ1) is 13.9. The van der Waals surface area contributed by atoms with Crippen LogP contribution in [-0.2, 0) is 4.74 Å². The summed E-state index contributed by atoms with van der Waals surface area (Å²) in [5.41, 5.74) is 0.971. The molecule has 1 aromatic carbocycles. The lowest BCUT2D eigenvalue weighted by Crippen LogP contribution is -2.25. The minimum absolute atomic E-state index is 0.0643. The first-order chi connectivity index (χ1) is 8.22. The smallest absolute Gasteiger partial charge is 0.165 e. The highest BCUT2D eigenvalue weighted by atomic mass is 19.1. The van der Waals surface area contributed by atoms with Gasteiger partial charge < -0.3 is 14.8 Å². The Kier molecular flexibility index (Phi) is 5.94. The second-order valence-corrected chi connectivity index (χ2v) is 3.66. The summed E-state index contributed by atoms with van der Waals surface area (Å²) in [4.78, 5) is 0. The maximum Gasteiger partial charge on any atom is 0.165 e. The van der Waals surface area contributed by atoms with Gasteiger partial charge in [0.1, 0.15) is 0 Å². The standard InChI is InChI=1S/C13H20FNO2/c1-4-15-12(9-17-5-2)10-6-7-11(14)13(8-10)16-3/h6-8,12,15H,4-5,9H2,1-3H3. The number of hydrogen-bond donors (Lipinski definition) is 1. The minimum Gasteiger partial charge on any atom is -0.494 e. The van der Waals surface area contributed by atoms with Crippen molar-refractivity contribution in [2.75, 3.05) is 26.9 Å². The van der Waals surface area contributed by atoms with E-state index in [0.29, 0.717) is 13.2 Å². The van der Waals surface area contributed by atoms with Crippen LogP contribution in [0.4, 0.5) is 4.39 Å². The third kappa shape index (κ3) is 3.98. The Labute approximate surface area is 102 Å². The van der Waals surface area contributed by atoms with E-state index in [-0.39, 0.29) is 17.6 Å². The Balaban J connectivity index is 2.85. The van der Waals surface area contributed by atoms with Crippen LogP contribution in [0.2, 0.25) is 0 Å². The van der Waals surface area contributed by atoms with Crippen molar-refractivity contribution in [3.05, 3.63) is 29.6 Å². The van der Waals surface area contributed by atoms with Gasteiger partial charge in [-0.05, 0) is 31.2 Å². The van der Waals surface area contributed by atoms with Gasteiger partial charge in [-0.1, -0.05) is 13.0 Å². The van der Waals surface area contributed by atoms with Gasteiger partial charge >= 0.3 is 0 Å². The number of hydrogen-bond acceptors (Lipinski definition) is 3. The number of ether oxygens (including phenoxy) is 2. The third-order valence-corrected chi connectivity index (χ3v) is 2.52. The van der Waals surface area contributed by atoms with Crippen LogP contribution in [0, 0.1) is 5.82 Å². The molecule has 0 aliphatic heterocycles. The molecule has 0 saturated carbocycles. The van der Waals surface area contributed by atoms with Crippen molar-refractivity contribution in [1.29, 1.82) is 0 Å². The molecule has 17 heavy (non-hydrogen) atoms. The molecular weight excluding hydrogens is 221 g/mol. The number of likely N-dealkylation sites (N-methyl/N-ethyl adjacent to an activating group) is 1. The molecule has 1 aromatic rings. The van der Waals surface area contributed by atoms with Crippen molar-refractivity contribution in [2.45, 2.75) is 19.9 Å². The first-order valence-electron chi connectivity index (χ1n) is 5.87. The second-order valence-electron chi connectivity index (χ2n) is 3.66. The summed E-state index contributed by atoms with van der Waals surface area (Å²) in [6.07, 6.45) is 0. The molecule has 0 aromatic heterocycles. The predicted octanol–water partition coefficient (Wildman–Crippen LogP) is 2.52. The lowest BCUT2D eigenvalue weighted by Gasteiger charge is -2.18. The van der Waals surface area contributed by atoms with Gasteiger partial charge in [-0.2, -0.15) is 0 Å². The molecule has 0 aliphatic rings. The lowest BCUT2D eigenvalue weighted by atomic mass is 10.1. The molecule has 0 bridgehead atoms. The summed E-state index contributed by atoms with van der Waals surface area (Å²) in [5.74, 6) is -0.0789. The number of rotatable bonds is 7. The molecule has 0 amide bonds. The molecule has 1 N–H and O–H groups in total. The molecule has 0 spiro atoms. The van der Waals surface area contributed by atoms with Crippen LogP contribution >= 0.6 is 0 Å². The zero-order chi connectivity index (χ0) is 12.7. The van der Waals surface area contributed by atoms with Gasteiger partial charge in [-0.25, -0.2) is 4.39 Å². The average Bonchev–Trinajstić information content (AvgIpc) is 2.35. The van der Waals surface area contributed by atoms with E-state index in [9.17, 15) is 4.39 Å². The zero-order valence-electron chi connectivity index (χ0n) is 10.6. The SMILES string of the molecule is CCNC(COCC)c1ccc(F)c(OC)c1. The van der Waals surface area contributed by atoms with Crippen molar-refractivity contribution >= 4 is 0 Å². The van der Waals surface area contributed by atoms with Gasteiger partial charge in [0.05, 0.1) is 19.8 Å². The van der Waals surface area contributed by atoms with Crippen LogP contribution in [0.25, 0.3) is 0 Å². The van der Waals surface area contributed by atoms with Gasteiger partial charge in [0.25, 0.3) is 0 Å². The molecule has 1 rings (SSSR count). The maximum atomic E-state index is 13.3. The molecule has 0 aliphatic carbocycles.